The van der Waals surface area contributed by atoms with E-state index in [0.717, 1.165) is 12.1 Å². The Kier molecular flexibility index (Phi) is 2.07. The molecule has 0 amide bonds. The van der Waals surface area contributed by atoms with Crippen LogP contribution in [0, 0.1) is 0 Å². The maximum Gasteiger partial charge on any atom is 0.416 e. The summed E-state index contributed by atoms with van der Waals surface area (Å²) in [6, 6.07) is 8.45. The minimum Gasteiger partial charge on any atom is -0.398 e. The topological polar surface area (TPSA) is 26.0 Å². The van der Waals surface area contributed by atoms with Crippen LogP contribution in [0.15, 0.2) is 36.4 Å². The van der Waals surface area contributed by atoms with Crippen molar-refractivity contribution < 1.29 is 13.2 Å². The van der Waals surface area contributed by atoms with Crippen LogP contribution in [0.3, 0.4) is 0 Å². The van der Waals surface area contributed by atoms with Crippen LogP contribution in [0.1, 0.15) is 5.56 Å². The molecule has 2 N–H and O–H groups in total. The molecule has 0 saturated heterocycles. The SMILES string of the molecule is Nc1cccc2cc(C(F)(F)F)ccc12. The van der Waals surface area contributed by atoms with Gasteiger partial charge in [-0.2, -0.15) is 13.2 Å². The zero-order valence-electron chi connectivity index (χ0n) is 7.68. The molecule has 15 heavy (non-hydrogen) atoms. The summed E-state index contributed by atoms with van der Waals surface area (Å²) in [4.78, 5) is 0. The molecule has 0 aliphatic rings. The van der Waals surface area contributed by atoms with Gasteiger partial charge in [-0.25, -0.2) is 0 Å². The number of alkyl halides is 3. The minimum atomic E-state index is -4.31. The van der Waals surface area contributed by atoms with Crippen LogP contribution in [0.5, 0.6) is 0 Å². The Bertz CT molecular complexity index is 503. The third-order valence-corrected chi connectivity index (χ3v) is 2.24. The van der Waals surface area contributed by atoms with Gasteiger partial charge >= 0.3 is 6.18 Å². The number of nitrogen functional groups attached to an aromatic ring is 1. The fourth-order valence-corrected chi connectivity index (χ4v) is 1.49. The monoisotopic (exact) mass is 211 g/mol. The Labute approximate surface area is 84.3 Å². The van der Waals surface area contributed by atoms with Crippen molar-refractivity contribution in [3.8, 4) is 0 Å². The van der Waals surface area contributed by atoms with Gasteiger partial charge in [0.25, 0.3) is 0 Å². The summed E-state index contributed by atoms with van der Waals surface area (Å²) in [7, 11) is 0. The largest absolute Gasteiger partial charge is 0.416 e. The lowest BCUT2D eigenvalue weighted by Gasteiger charge is -2.08. The van der Waals surface area contributed by atoms with E-state index in [1.54, 1.807) is 18.2 Å². The van der Waals surface area contributed by atoms with E-state index in [-0.39, 0.29) is 0 Å². The third-order valence-electron chi connectivity index (χ3n) is 2.24. The smallest absolute Gasteiger partial charge is 0.398 e. The van der Waals surface area contributed by atoms with E-state index in [4.69, 9.17) is 5.73 Å². The first-order valence-corrected chi connectivity index (χ1v) is 4.34. The number of anilines is 1. The lowest BCUT2D eigenvalue weighted by Crippen LogP contribution is -2.04. The van der Waals surface area contributed by atoms with Gasteiger partial charge in [-0.15, -0.1) is 0 Å². The second-order valence-corrected chi connectivity index (χ2v) is 3.28. The molecule has 0 radical (unpaired) electrons. The van der Waals surface area contributed by atoms with Crippen LogP contribution in [0.25, 0.3) is 10.8 Å². The highest BCUT2D eigenvalue weighted by molar-refractivity contribution is 5.93. The van der Waals surface area contributed by atoms with Gasteiger partial charge in [0.15, 0.2) is 0 Å². The van der Waals surface area contributed by atoms with E-state index in [9.17, 15) is 13.2 Å². The first kappa shape index (κ1) is 9.83. The van der Waals surface area contributed by atoms with Crippen molar-refractivity contribution in [3.63, 3.8) is 0 Å². The molecular weight excluding hydrogens is 203 g/mol. The van der Waals surface area contributed by atoms with Gasteiger partial charge in [0, 0.05) is 11.1 Å². The van der Waals surface area contributed by atoms with Crippen molar-refractivity contribution >= 4 is 16.5 Å². The molecule has 1 nitrogen and oxygen atoms in total. The molecule has 2 aromatic rings. The van der Waals surface area contributed by atoms with Gasteiger partial charge in [0.2, 0.25) is 0 Å². The fourth-order valence-electron chi connectivity index (χ4n) is 1.49. The van der Waals surface area contributed by atoms with E-state index >= 15 is 0 Å². The van der Waals surface area contributed by atoms with E-state index in [1.807, 2.05) is 0 Å². The van der Waals surface area contributed by atoms with Crippen LogP contribution < -0.4 is 5.73 Å². The molecule has 0 fully saturated rings. The summed E-state index contributed by atoms with van der Waals surface area (Å²) >= 11 is 0. The quantitative estimate of drug-likeness (QED) is 0.663. The van der Waals surface area contributed by atoms with Crippen molar-refractivity contribution in [1.82, 2.24) is 0 Å². The molecule has 0 spiro atoms. The zero-order chi connectivity index (χ0) is 11.1. The van der Waals surface area contributed by atoms with Gasteiger partial charge in [0.1, 0.15) is 0 Å². The van der Waals surface area contributed by atoms with Gasteiger partial charge in [-0.05, 0) is 23.6 Å². The minimum absolute atomic E-state index is 0.487. The van der Waals surface area contributed by atoms with Crippen molar-refractivity contribution in [2.75, 3.05) is 5.73 Å². The third kappa shape index (κ3) is 1.75. The van der Waals surface area contributed by atoms with E-state index in [0.29, 0.717) is 16.5 Å². The fraction of sp³-hybridized carbons (Fsp3) is 0.0909. The number of rotatable bonds is 0. The molecule has 0 aliphatic carbocycles. The average molecular weight is 211 g/mol. The first-order chi connectivity index (χ1) is 6.98. The summed E-state index contributed by atoms with van der Waals surface area (Å²) in [5.41, 5.74) is 5.47. The van der Waals surface area contributed by atoms with Crippen LogP contribution in [0.2, 0.25) is 0 Å². The molecule has 0 heterocycles. The van der Waals surface area contributed by atoms with E-state index < -0.39 is 11.7 Å². The molecule has 0 saturated carbocycles. The molecule has 4 heteroatoms. The summed E-state index contributed by atoms with van der Waals surface area (Å²) < 4.78 is 37.2. The zero-order valence-corrected chi connectivity index (χ0v) is 7.68. The summed E-state index contributed by atoms with van der Waals surface area (Å²) in [6.45, 7) is 0. The van der Waals surface area contributed by atoms with Crippen molar-refractivity contribution in [2.45, 2.75) is 6.18 Å². The van der Waals surface area contributed by atoms with E-state index in [2.05, 4.69) is 0 Å². The molecule has 0 unspecified atom stereocenters. The summed E-state index contributed by atoms with van der Waals surface area (Å²) in [5.74, 6) is 0. The van der Waals surface area contributed by atoms with Gasteiger partial charge in [-0.1, -0.05) is 18.2 Å². The second kappa shape index (κ2) is 3.15. The number of fused-ring (bicyclic) bond motifs is 1. The molecular formula is C11H8F3N. The number of hydrogen-bond acceptors (Lipinski definition) is 1. The van der Waals surface area contributed by atoms with Gasteiger partial charge in [-0.3, -0.25) is 0 Å². The van der Waals surface area contributed by atoms with Crippen molar-refractivity contribution in [2.24, 2.45) is 0 Å². The van der Waals surface area contributed by atoms with E-state index in [1.165, 1.54) is 6.07 Å². The highest BCUT2D eigenvalue weighted by Gasteiger charge is 2.30. The van der Waals surface area contributed by atoms with Crippen molar-refractivity contribution in [1.29, 1.82) is 0 Å². The Morgan fingerprint density at radius 1 is 1.00 bits per heavy atom. The summed E-state index contributed by atoms with van der Waals surface area (Å²) in [5, 5.41) is 1.15. The Morgan fingerprint density at radius 2 is 1.73 bits per heavy atom. The Hall–Kier alpha value is -1.71. The molecule has 78 valence electrons. The van der Waals surface area contributed by atoms with Crippen LogP contribution in [-0.4, -0.2) is 0 Å². The first-order valence-electron chi connectivity index (χ1n) is 4.34. The lowest BCUT2D eigenvalue weighted by molar-refractivity contribution is -0.137. The standard InChI is InChI=1S/C11H8F3N/c12-11(13,14)8-4-5-9-7(6-8)2-1-3-10(9)15/h1-6H,15H2. The molecule has 2 rings (SSSR count). The predicted octanol–water partition coefficient (Wildman–Crippen LogP) is 3.44. The maximum atomic E-state index is 12.4. The molecule has 0 aliphatic heterocycles. The van der Waals surface area contributed by atoms with Crippen LogP contribution >= 0.6 is 0 Å². The number of nitrogens with two attached hydrogens (primary N) is 1. The molecule has 0 bridgehead atoms. The molecule has 2 aromatic carbocycles. The highest BCUT2D eigenvalue weighted by Crippen LogP contribution is 2.32. The Morgan fingerprint density at radius 3 is 2.40 bits per heavy atom. The lowest BCUT2D eigenvalue weighted by atomic mass is 10.1. The van der Waals surface area contributed by atoms with Gasteiger partial charge < -0.3 is 5.73 Å². The molecule has 0 atom stereocenters. The number of halogens is 3. The van der Waals surface area contributed by atoms with Crippen LogP contribution in [0.4, 0.5) is 18.9 Å². The van der Waals surface area contributed by atoms with Crippen molar-refractivity contribution in [3.05, 3.63) is 42.0 Å². The molecule has 0 aromatic heterocycles. The normalized spacial score (nSPS) is 11.9. The summed E-state index contributed by atoms with van der Waals surface area (Å²) in [6.07, 6.45) is -4.31. The van der Waals surface area contributed by atoms with Crippen LogP contribution in [-0.2, 0) is 6.18 Å². The highest BCUT2D eigenvalue weighted by atomic mass is 19.4. The number of hydrogen-bond donors (Lipinski definition) is 1. The number of benzene rings is 2. The average Bonchev–Trinajstić information content (AvgIpc) is 2.16. The Balaban J connectivity index is 2.68. The van der Waals surface area contributed by atoms with Gasteiger partial charge in [0.05, 0.1) is 5.56 Å². The predicted molar refractivity (Wildman–Crippen MR) is 53.4 cm³/mol. The maximum absolute atomic E-state index is 12.4. The second-order valence-electron chi connectivity index (χ2n) is 3.28.